The molecule has 4 N–H and O–H groups in total. The zero-order valence-corrected chi connectivity index (χ0v) is 16.5. The van der Waals surface area contributed by atoms with Gasteiger partial charge >= 0.3 is 35.5 Å². The summed E-state index contributed by atoms with van der Waals surface area (Å²) in [6, 6.07) is -0.894. The molecular weight excluding hydrogens is 433 g/mol. The number of β-lactam (4-membered cyclic amide) rings is 1. The van der Waals surface area contributed by atoms with Crippen LogP contribution in [0, 0.1) is 0 Å². The van der Waals surface area contributed by atoms with Gasteiger partial charge in [-0.05, 0) is 5.57 Å². The molecule has 2 amide bonds. The van der Waals surface area contributed by atoms with Crippen molar-refractivity contribution in [2.24, 2.45) is 5.16 Å². The van der Waals surface area contributed by atoms with E-state index in [4.69, 9.17) is 15.3 Å². The van der Waals surface area contributed by atoms with Crippen molar-refractivity contribution >= 4 is 81.3 Å². The fraction of sp³-hybridized carbons (Fsp3) is 0.400. The van der Waals surface area contributed by atoms with Gasteiger partial charge in [0.2, 0.25) is 0 Å². The summed E-state index contributed by atoms with van der Waals surface area (Å²) in [6.07, 6.45) is 0. The zero-order valence-electron chi connectivity index (χ0n) is 14.9. The second-order valence-corrected chi connectivity index (χ2v) is 7.74. The number of hydrogen-bond donors (Lipinski definition) is 3. The molecule has 152 valence electrons. The van der Waals surface area contributed by atoms with Crippen molar-refractivity contribution < 1.29 is 29.1 Å². The predicted octanol–water partition coefficient (Wildman–Crippen LogP) is -1.19. The number of methoxy groups -OCH3 is 1. The first-order valence-corrected chi connectivity index (χ1v) is 9.84. The van der Waals surface area contributed by atoms with Crippen molar-refractivity contribution in [2.45, 2.75) is 11.4 Å². The molecule has 0 aromatic carbocycles. The minimum absolute atomic E-state index is 0. The average Bonchev–Trinajstić information content (AvgIpc) is 3.09. The molecule has 2 atom stereocenters. The van der Waals surface area contributed by atoms with Crippen molar-refractivity contribution in [3.63, 3.8) is 0 Å². The Morgan fingerprint density at radius 2 is 2.21 bits per heavy atom. The Kier molecular flexibility index (Phi) is 8.08. The quantitative estimate of drug-likeness (QED) is 0.201. The van der Waals surface area contributed by atoms with Crippen LogP contribution in [0.1, 0.15) is 5.69 Å². The van der Waals surface area contributed by atoms with Crippen molar-refractivity contribution in [1.82, 2.24) is 15.2 Å². The molecule has 11 nitrogen and oxygen atoms in total. The summed E-state index contributed by atoms with van der Waals surface area (Å²) in [7, 11) is 2.73. The van der Waals surface area contributed by atoms with Crippen molar-refractivity contribution in [2.75, 3.05) is 32.3 Å². The molecule has 3 heterocycles. The van der Waals surface area contributed by atoms with E-state index < -0.39 is 29.2 Å². The van der Waals surface area contributed by atoms with Crippen LogP contribution in [-0.4, -0.2) is 106 Å². The summed E-state index contributed by atoms with van der Waals surface area (Å²) < 4.78 is 5.02. The van der Waals surface area contributed by atoms with Crippen LogP contribution in [0.3, 0.4) is 0 Å². The zero-order chi connectivity index (χ0) is 20.4. The van der Waals surface area contributed by atoms with Crippen molar-refractivity contribution in [3.05, 3.63) is 22.3 Å². The topological polar surface area (TPSA) is 156 Å². The monoisotopic (exact) mass is 451 g/mol. The van der Waals surface area contributed by atoms with E-state index in [1.54, 1.807) is 5.38 Å². The van der Waals surface area contributed by atoms with E-state index in [-0.39, 0.29) is 58.4 Å². The molecule has 0 spiro atoms. The first-order chi connectivity index (χ1) is 13.4. The number of hydrogen-bond acceptors (Lipinski definition) is 10. The minimum atomic E-state index is -1.21. The number of amides is 2. The summed E-state index contributed by atoms with van der Waals surface area (Å²) >= 11 is 2.47. The molecule has 0 aliphatic carbocycles. The van der Waals surface area contributed by atoms with Crippen LogP contribution in [0.25, 0.3) is 0 Å². The molecule has 2 aliphatic rings. The van der Waals surface area contributed by atoms with Gasteiger partial charge in [-0.2, -0.15) is 0 Å². The maximum absolute atomic E-state index is 12.6. The first kappa shape index (κ1) is 23.6. The van der Waals surface area contributed by atoms with Gasteiger partial charge in [0.05, 0.1) is 6.61 Å². The number of thiazole rings is 1. The Balaban J connectivity index is 0.00000300. The molecular formula is C15H18N5NaO6S2. The van der Waals surface area contributed by atoms with Crippen LogP contribution in [0.2, 0.25) is 0 Å². The van der Waals surface area contributed by atoms with E-state index >= 15 is 0 Å². The van der Waals surface area contributed by atoms with E-state index in [2.05, 4.69) is 15.5 Å². The number of nitrogens with zero attached hydrogens (tertiary/aromatic N) is 3. The number of thioether (sulfide) groups is 1. The third kappa shape index (κ3) is 4.59. The number of nitrogen functional groups attached to an aromatic ring is 1. The Labute approximate surface area is 196 Å². The average molecular weight is 451 g/mol. The molecule has 0 bridgehead atoms. The fourth-order valence-corrected chi connectivity index (χ4v) is 4.75. The third-order valence-corrected chi connectivity index (χ3v) is 6.03. The van der Waals surface area contributed by atoms with Crippen LogP contribution >= 0.6 is 23.1 Å². The third-order valence-electron chi connectivity index (χ3n) is 4.02. The first-order valence-electron chi connectivity index (χ1n) is 7.91. The van der Waals surface area contributed by atoms with E-state index in [1.165, 1.54) is 30.9 Å². The number of carbonyl (C=O) groups is 3. The van der Waals surface area contributed by atoms with Crippen molar-refractivity contribution in [3.8, 4) is 0 Å². The molecule has 14 heteroatoms. The molecule has 1 fully saturated rings. The van der Waals surface area contributed by atoms with Crippen molar-refractivity contribution in [1.29, 1.82) is 0 Å². The van der Waals surface area contributed by atoms with Gasteiger partial charge in [-0.15, -0.1) is 23.1 Å². The molecule has 0 unspecified atom stereocenters. The molecule has 29 heavy (non-hydrogen) atoms. The van der Waals surface area contributed by atoms with Gasteiger partial charge in [0.1, 0.15) is 29.9 Å². The molecule has 0 saturated carbocycles. The van der Waals surface area contributed by atoms with Crippen LogP contribution in [0.4, 0.5) is 5.13 Å². The van der Waals surface area contributed by atoms with Crippen LogP contribution in [0.5, 0.6) is 0 Å². The second kappa shape index (κ2) is 9.91. The second-order valence-electron chi connectivity index (χ2n) is 5.74. The van der Waals surface area contributed by atoms with Gasteiger partial charge in [0, 0.05) is 18.2 Å². The number of carbonyl (C=O) groups excluding carboxylic acids is 2. The predicted molar refractivity (Wildman–Crippen MR) is 109 cm³/mol. The number of carboxylic acids is 1. The summed E-state index contributed by atoms with van der Waals surface area (Å²) in [6.45, 7) is 0.109. The summed E-state index contributed by atoms with van der Waals surface area (Å²) in [5.41, 5.74) is 6.09. The Morgan fingerprint density at radius 1 is 1.48 bits per heavy atom. The van der Waals surface area contributed by atoms with Gasteiger partial charge < -0.3 is 25.7 Å². The van der Waals surface area contributed by atoms with Crippen LogP contribution < -0.4 is 11.1 Å². The van der Waals surface area contributed by atoms with Gasteiger partial charge in [0.25, 0.3) is 11.8 Å². The molecule has 0 radical (unpaired) electrons. The standard InChI is InChI=1S/C15H17N5O6S2.Na.H/c1-25-3-6-4-27-13-9(12(22)20(13)10(6)14(23)24)18-11(21)8(19-26-2)7-5-28-15(16)17-7;;/h5,9,13H,3-4H2,1-2H3,(H2,16,17)(H,18,21)(H,23,24);;/b19-8+;;/t9-,13-;;/m1../s1. The van der Waals surface area contributed by atoms with E-state index in [0.29, 0.717) is 11.3 Å². The van der Waals surface area contributed by atoms with Gasteiger partial charge in [0.15, 0.2) is 10.8 Å². The van der Waals surface area contributed by atoms with Gasteiger partial charge in [-0.1, -0.05) is 5.16 Å². The van der Waals surface area contributed by atoms with E-state index in [9.17, 15) is 19.5 Å². The van der Waals surface area contributed by atoms with Gasteiger partial charge in [-0.25, -0.2) is 9.78 Å². The fourth-order valence-electron chi connectivity index (χ4n) is 2.87. The molecule has 1 aromatic heterocycles. The number of aliphatic carboxylic acids is 1. The van der Waals surface area contributed by atoms with Crippen LogP contribution in [0.15, 0.2) is 21.8 Å². The normalized spacial score (nSPS) is 21.1. The number of carboxylic acid groups (broad SMARTS) is 1. The maximum atomic E-state index is 12.6. The van der Waals surface area contributed by atoms with Gasteiger partial charge in [-0.3, -0.25) is 14.5 Å². The Morgan fingerprint density at radius 3 is 2.76 bits per heavy atom. The van der Waals surface area contributed by atoms with Crippen LogP contribution in [-0.2, 0) is 24.0 Å². The number of oxime groups is 1. The summed E-state index contributed by atoms with van der Waals surface area (Å²) in [5.74, 6) is -2.03. The number of fused-ring (bicyclic) bond motifs is 1. The van der Waals surface area contributed by atoms with E-state index in [0.717, 1.165) is 11.3 Å². The molecule has 1 saturated heterocycles. The SMILES string of the molecule is COCC1=C(C(=O)O)N2C(=O)[C@@H](NC(=O)/C(=N/OC)c3csc(N)n3)[C@H]2SC1.[NaH]. The molecule has 3 rings (SSSR count). The number of rotatable bonds is 7. The number of aromatic nitrogens is 1. The Hall–Kier alpha value is -1.64. The summed E-state index contributed by atoms with van der Waals surface area (Å²) in [4.78, 5) is 46.7. The number of nitrogens with two attached hydrogens (primary N) is 1. The van der Waals surface area contributed by atoms with E-state index in [1.807, 2.05) is 0 Å². The molecule has 1 aromatic rings. The number of anilines is 1. The Bertz CT molecular complexity index is 888. The number of nitrogens with one attached hydrogen (secondary N) is 1. The number of ether oxygens (including phenoxy) is 1. The molecule has 2 aliphatic heterocycles. The summed E-state index contributed by atoms with van der Waals surface area (Å²) in [5, 5.41) is 17.0.